The molecule has 0 amide bonds. The van der Waals surface area contributed by atoms with Crippen LogP contribution in [0.2, 0.25) is 5.02 Å². The smallest absolute Gasteiger partial charge is 0.213 e. The first-order valence-electron chi connectivity index (χ1n) is 5.57. The van der Waals surface area contributed by atoms with Crippen LogP contribution in [0.15, 0.2) is 36.8 Å². The van der Waals surface area contributed by atoms with Crippen molar-refractivity contribution in [3.8, 4) is 5.88 Å². The standard InChI is InChI=1S/C13H14ClN3O/c1-18-13-6-10(2-5-17-13)7-16-8-11-3-4-15-9-12(11)14/h2-6,9,16H,7-8H2,1H3. The summed E-state index contributed by atoms with van der Waals surface area (Å²) in [6.45, 7) is 1.43. The van der Waals surface area contributed by atoms with Crippen molar-refractivity contribution in [2.75, 3.05) is 7.11 Å². The number of halogens is 1. The lowest BCUT2D eigenvalue weighted by molar-refractivity contribution is 0.397. The van der Waals surface area contributed by atoms with Crippen molar-refractivity contribution in [1.82, 2.24) is 15.3 Å². The Labute approximate surface area is 111 Å². The summed E-state index contributed by atoms with van der Waals surface area (Å²) in [4.78, 5) is 8.01. The first kappa shape index (κ1) is 12.8. The molecule has 18 heavy (non-hydrogen) atoms. The van der Waals surface area contributed by atoms with Gasteiger partial charge < -0.3 is 10.1 Å². The van der Waals surface area contributed by atoms with Gasteiger partial charge in [0.05, 0.1) is 12.1 Å². The van der Waals surface area contributed by atoms with Crippen LogP contribution in [0.4, 0.5) is 0 Å². The van der Waals surface area contributed by atoms with Gasteiger partial charge in [-0.25, -0.2) is 4.98 Å². The Morgan fingerprint density at radius 2 is 2.17 bits per heavy atom. The molecule has 0 aromatic carbocycles. The summed E-state index contributed by atoms with van der Waals surface area (Å²) in [5.74, 6) is 0.622. The van der Waals surface area contributed by atoms with Gasteiger partial charge in [-0.2, -0.15) is 0 Å². The first-order valence-corrected chi connectivity index (χ1v) is 5.95. The third kappa shape index (κ3) is 3.42. The van der Waals surface area contributed by atoms with E-state index in [2.05, 4.69) is 15.3 Å². The molecule has 1 N–H and O–H groups in total. The summed E-state index contributed by atoms with van der Waals surface area (Å²) in [7, 11) is 1.61. The highest BCUT2D eigenvalue weighted by Crippen LogP contribution is 2.13. The molecular weight excluding hydrogens is 250 g/mol. The molecule has 0 aliphatic rings. The molecule has 0 saturated carbocycles. The van der Waals surface area contributed by atoms with Crippen LogP contribution >= 0.6 is 11.6 Å². The number of nitrogens with one attached hydrogen (secondary N) is 1. The quantitative estimate of drug-likeness (QED) is 0.900. The van der Waals surface area contributed by atoms with Gasteiger partial charge in [-0.3, -0.25) is 4.98 Å². The highest BCUT2D eigenvalue weighted by molar-refractivity contribution is 6.31. The average molecular weight is 264 g/mol. The molecule has 2 aromatic heterocycles. The number of aromatic nitrogens is 2. The van der Waals surface area contributed by atoms with Crippen LogP contribution in [0.1, 0.15) is 11.1 Å². The summed E-state index contributed by atoms with van der Waals surface area (Å²) in [5, 5.41) is 3.99. The van der Waals surface area contributed by atoms with Gasteiger partial charge in [0.1, 0.15) is 0 Å². The fraction of sp³-hybridized carbons (Fsp3) is 0.231. The summed E-state index contributed by atoms with van der Waals surface area (Å²) in [5.41, 5.74) is 2.15. The summed E-state index contributed by atoms with van der Waals surface area (Å²) < 4.78 is 5.07. The van der Waals surface area contributed by atoms with E-state index in [0.29, 0.717) is 17.4 Å². The van der Waals surface area contributed by atoms with Crippen molar-refractivity contribution < 1.29 is 4.74 Å². The maximum absolute atomic E-state index is 6.02. The highest BCUT2D eigenvalue weighted by atomic mass is 35.5. The van der Waals surface area contributed by atoms with E-state index in [-0.39, 0.29) is 0 Å². The minimum Gasteiger partial charge on any atom is -0.481 e. The first-order chi connectivity index (χ1) is 8.79. The molecule has 0 saturated heterocycles. The van der Waals surface area contributed by atoms with Crippen LogP contribution in [0, 0.1) is 0 Å². The van der Waals surface area contributed by atoms with Crippen LogP contribution in [-0.2, 0) is 13.1 Å². The Balaban J connectivity index is 1.90. The number of rotatable bonds is 5. The minimum atomic E-state index is 0.622. The van der Waals surface area contributed by atoms with E-state index in [9.17, 15) is 0 Å². The minimum absolute atomic E-state index is 0.622. The van der Waals surface area contributed by atoms with Crippen molar-refractivity contribution in [1.29, 1.82) is 0 Å². The molecule has 0 radical (unpaired) electrons. The van der Waals surface area contributed by atoms with Gasteiger partial charge in [-0.1, -0.05) is 11.6 Å². The maximum Gasteiger partial charge on any atom is 0.213 e. The number of methoxy groups -OCH3 is 1. The van der Waals surface area contributed by atoms with Crippen molar-refractivity contribution in [2.24, 2.45) is 0 Å². The van der Waals surface area contributed by atoms with E-state index in [1.807, 2.05) is 18.2 Å². The average Bonchev–Trinajstić information content (AvgIpc) is 2.41. The second-order valence-electron chi connectivity index (χ2n) is 3.78. The lowest BCUT2D eigenvalue weighted by Gasteiger charge is -2.07. The molecule has 0 atom stereocenters. The maximum atomic E-state index is 6.02. The van der Waals surface area contributed by atoms with Crippen LogP contribution in [0.25, 0.3) is 0 Å². The van der Waals surface area contributed by atoms with E-state index < -0.39 is 0 Å². The van der Waals surface area contributed by atoms with Gasteiger partial charge >= 0.3 is 0 Å². The third-order valence-corrected chi connectivity index (χ3v) is 2.85. The van der Waals surface area contributed by atoms with E-state index >= 15 is 0 Å². The number of hydrogen-bond donors (Lipinski definition) is 1. The molecule has 0 aliphatic heterocycles. The van der Waals surface area contributed by atoms with E-state index in [1.165, 1.54) is 0 Å². The number of ether oxygens (including phenoxy) is 1. The fourth-order valence-electron chi connectivity index (χ4n) is 1.56. The molecule has 2 rings (SSSR count). The molecule has 0 spiro atoms. The van der Waals surface area contributed by atoms with Gasteiger partial charge in [-0.05, 0) is 23.3 Å². The zero-order valence-electron chi connectivity index (χ0n) is 10.1. The topological polar surface area (TPSA) is 47.0 Å². The van der Waals surface area contributed by atoms with Crippen molar-refractivity contribution in [3.05, 3.63) is 52.9 Å². The second kappa shape index (κ2) is 6.33. The van der Waals surface area contributed by atoms with Crippen molar-refractivity contribution >= 4 is 11.6 Å². The molecule has 0 aliphatic carbocycles. The molecule has 0 fully saturated rings. The predicted molar refractivity (Wildman–Crippen MR) is 70.6 cm³/mol. The Morgan fingerprint density at radius 1 is 1.28 bits per heavy atom. The van der Waals surface area contributed by atoms with E-state index in [1.54, 1.807) is 25.7 Å². The largest absolute Gasteiger partial charge is 0.481 e. The normalized spacial score (nSPS) is 10.3. The highest BCUT2D eigenvalue weighted by Gasteiger charge is 2.00. The molecule has 94 valence electrons. The lowest BCUT2D eigenvalue weighted by Crippen LogP contribution is -2.13. The van der Waals surface area contributed by atoms with Gasteiger partial charge in [0.15, 0.2) is 0 Å². The Bertz CT molecular complexity index is 519. The lowest BCUT2D eigenvalue weighted by atomic mass is 10.2. The molecule has 5 heteroatoms. The zero-order chi connectivity index (χ0) is 12.8. The van der Waals surface area contributed by atoms with E-state index in [4.69, 9.17) is 16.3 Å². The molecule has 2 aromatic rings. The van der Waals surface area contributed by atoms with Gasteiger partial charge in [0.2, 0.25) is 5.88 Å². The number of nitrogens with zero attached hydrogens (tertiary/aromatic N) is 2. The van der Waals surface area contributed by atoms with Crippen molar-refractivity contribution in [2.45, 2.75) is 13.1 Å². The number of pyridine rings is 2. The fourth-order valence-corrected chi connectivity index (χ4v) is 1.75. The van der Waals surface area contributed by atoms with Crippen LogP contribution < -0.4 is 10.1 Å². The summed E-state index contributed by atoms with van der Waals surface area (Å²) >= 11 is 6.02. The molecule has 0 unspecified atom stereocenters. The Morgan fingerprint density at radius 3 is 2.94 bits per heavy atom. The number of hydrogen-bond acceptors (Lipinski definition) is 4. The Hall–Kier alpha value is -1.65. The van der Waals surface area contributed by atoms with Gasteiger partial charge in [-0.15, -0.1) is 0 Å². The SMILES string of the molecule is COc1cc(CNCc2ccncc2Cl)ccn1. The predicted octanol–water partition coefficient (Wildman–Crippen LogP) is 2.43. The molecule has 0 bridgehead atoms. The molecule has 2 heterocycles. The van der Waals surface area contributed by atoms with Crippen LogP contribution in [-0.4, -0.2) is 17.1 Å². The Kier molecular flexibility index (Phi) is 4.50. The summed E-state index contributed by atoms with van der Waals surface area (Å²) in [6.07, 6.45) is 5.11. The summed E-state index contributed by atoms with van der Waals surface area (Å²) in [6, 6.07) is 5.76. The van der Waals surface area contributed by atoms with Crippen LogP contribution in [0.5, 0.6) is 5.88 Å². The molecule has 4 nitrogen and oxygen atoms in total. The van der Waals surface area contributed by atoms with Gasteiger partial charge in [0.25, 0.3) is 0 Å². The van der Waals surface area contributed by atoms with E-state index in [0.717, 1.165) is 17.7 Å². The van der Waals surface area contributed by atoms with Gasteiger partial charge in [0, 0.05) is 37.7 Å². The van der Waals surface area contributed by atoms with Crippen molar-refractivity contribution in [3.63, 3.8) is 0 Å². The second-order valence-corrected chi connectivity index (χ2v) is 4.18. The van der Waals surface area contributed by atoms with Crippen LogP contribution in [0.3, 0.4) is 0 Å². The monoisotopic (exact) mass is 263 g/mol. The third-order valence-electron chi connectivity index (χ3n) is 2.51. The zero-order valence-corrected chi connectivity index (χ0v) is 10.8. The molecular formula is C13H14ClN3O.